The second-order valence-electron chi connectivity index (χ2n) is 5.78. The van der Waals surface area contributed by atoms with Crippen LogP contribution in [-0.4, -0.2) is 41.3 Å². The van der Waals surface area contributed by atoms with E-state index in [0.717, 1.165) is 48.1 Å². The first-order valence-electron chi connectivity index (χ1n) is 7.29. The highest BCUT2D eigenvalue weighted by Gasteiger charge is 2.19. The number of nitrogens with one attached hydrogen (secondary N) is 1. The van der Waals surface area contributed by atoms with Crippen LogP contribution in [0.15, 0.2) is 18.2 Å². The van der Waals surface area contributed by atoms with Gasteiger partial charge in [0.1, 0.15) is 6.07 Å². The molecule has 1 aromatic carbocycles. The van der Waals surface area contributed by atoms with E-state index in [0.29, 0.717) is 11.7 Å². The van der Waals surface area contributed by atoms with Crippen molar-refractivity contribution in [1.82, 2.24) is 15.1 Å². The number of anilines is 1. The van der Waals surface area contributed by atoms with Crippen molar-refractivity contribution in [2.75, 3.05) is 25.5 Å². The molecular weight excluding hydrogens is 262 g/mol. The van der Waals surface area contributed by atoms with E-state index in [1.807, 2.05) is 19.1 Å². The van der Waals surface area contributed by atoms with Crippen LogP contribution in [0.5, 0.6) is 0 Å². The quantitative estimate of drug-likeness (QED) is 0.915. The molecule has 3 rings (SSSR count). The first kappa shape index (κ1) is 13.8. The van der Waals surface area contributed by atoms with Gasteiger partial charge >= 0.3 is 0 Å². The lowest BCUT2D eigenvalue weighted by molar-refractivity contribution is 0.264. The average Bonchev–Trinajstić information content (AvgIpc) is 2.50. The van der Waals surface area contributed by atoms with Gasteiger partial charge in [0, 0.05) is 11.4 Å². The van der Waals surface area contributed by atoms with Crippen LogP contribution in [0.1, 0.15) is 24.1 Å². The van der Waals surface area contributed by atoms with Crippen LogP contribution >= 0.6 is 0 Å². The molecule has 108 valence electrons. The van der Waals surface area contributed by atoms with E-state index in [9.17, 15) is 5.26 Å². The largest absolute Gasteiger partial charge is 0.379 e. The smallest absolute Gasteiger partial charge is 0.186 e. The summed E-state index contributed by atoms with van der Waals surface area (Å²) >= 11 is 0. The van der Waals surface area contributed by atoms with E-state index < -0.39 is 0 Å². The molecule has 2 heterocycles. The fraction of sp³-hybridized carbons (Fsp3) is 0.438. The Labute approximate surface area is 124 Å². The lowest BCUT2D eigenvalue weighted by Gasteiger charge is -2.30. The van der Waals surface area contributed by atoms with E-state index in [1.54, 1.807) is 0 Å². The third-order valence-electron chi connectivity index (χ3n) is 4.09. The lowest BCUT2D eigenvalue weighted by atomic mass is 10.0. The van der Waals surface area contributed by atoms with Crippen LogP contribution in [0.2, 0.25) is 0 Å². The number of rotatable bonds is 2. The number of nitriles is 1. The van der Waals surface area contributed by atoms with Crippen molar-refractivity contribution in [2.45, 2.75) is 25.8 Å². The summed E-state index contributed by atoms with van der Waals surface area (Å²) in [5.41, 5.74) is 3.20. The highest BCUT2D eigenvalue weighted by atomic mass is 15.1. The Morgan fingerprint density at radius 3 is 2.76 bits per heavy atom. The maximum Gasteiger partial charge on any atom is 0.186 e. The van der Waals surface area contributed by atoms with Crippen LogP contribution in [-0.2, 0) is 0 Å². The molecule has 0 atom stereocenters. The molecule has 5 nitrogen and oxygen atoms in total. The third kappa shape index (κ3) is 2.81. The zero-order valence-electron chi connectivity index (χ0n) is 12.4. The molecule has 1 aliphatic rings. The Morgan fingerprint density at radius 2 is 2.05 bits per heavy atom. The Hall–Kier alpha value is -2.19. The molecule has 1 fully saturated rings. The number of fused-ring (bicyclic) bond motifs is 1. The summed E-state index contributed by atoms with van der Waals surface area (Å²) in [5.74, 6) is 0. The summed E-state index contributed by atoms with van der Waals surface area (Å²) in [5, 5.41) is 22.0. The predicted octanol–water partition coefficient (Wildman–Crippen LogP) is 2.32. The predicted molar refractivity (Wildman–Crippen MR) is 83.1 cm³/mol. The topological polar surface area (TPSA) is 64.8 Å². The van der Waals surface area contributed by atoms with Crippen molar-refractivity contribution in [3.63, 3.8) is 0 Å². The van der Waals surface area contributed by atoms with Gasteiger partial charge in [-0.3, -0.25) is 0 Å². The number of hydrogen-bond acceptors (Lipinski definition) is 5. The van der Waals surface area contributed by atoms with Crippen LogP contribution in [0.4, 0.5) is 5.69 Å². The normalized spacial score (nSPS) is 16.8. The van der Waals surface area contributed by atoms with Gasteiger partial charge in [0.15, 0.2) is 5.69 Å². The highest BCUT2D eigenvalue weighted by Crippen LogP contribution is 2.27. The Bertz CT molecular complexity index is 696. The number of aromatic nitrogens is 2. The Morgan fingerprint density at radius 1 is 1.29 bits per heavy atom. The highest BCUT2D eigenvalue weighted by molar-refractivity contribution is 5.93. The second kappa shape index (κ2) is 5.66. The van der Waals surface area contributed by atoms with Gasteiger partial charge in [-0.05, 0) is 52.0 Å². The van der Waals surface area contributed by atoms with Gasteiger partial charge in [-0.1, -0.05) is 11.6 Å². The summed E-state index contributed by atoms with van der Waals surface area (Å²) in [7, 11) is 2.14. The van der Waals surface area contributed by atoms with Crippen molar-refractivity contribution in [1.29, 1.82) is 5.26 Å². The van der Waals surface area contributed by atoms with Crippen LogP contribution in [0, 0.1) is 18.3 Å². The Kier molecular flexibility index (Phi) is 3.72. The molecule has 0 radical (unpaired) electrons. The monoisotopic (exact) mass is 281 g/mol. The van der Waals surface area contributed by atoms with E-state index in [-0.39, 0.29) is 0 Å². The summed E-state index contributed by atoms with van der Waals surface area (Å²) in [6.07, 6.45) is 2.16. The summed E-state index contributed by atoms with van der Waals surface area (Å²) < 4.78 is 0. The molecule has 0 amide bonds. The van der Waals surface area contributed by atoms with E-state index in [1.165, 1.54) is 0 Å². The van der Waals surface area contributed by atoms with Gasteiger partial charge in [-0.15, -0.1) is 10.2 Å². The van der Waals surface area contributed by atoms with Crippen molar-refractivity contribution < 1.29 is 0 Å². The standard InChI is InChI=1S/C16H19N5/c1-11-3-4-14-13(9-11)16(15(10-17)20-19-14)18-12-5-7-21(2)8-6-12/h3-4,9,12H,5-8H2,1-2H3,(H,18,19). The molecule has 0 saturated carbocycles. The zero-order valence-corrected chi connectivity index (χ0v) is 12.4. The van der Waals surface area contributed by atoms with Crippen molar-refractivity contribution in [3.05, 3.63) is 29.5 Å². The van der Waals surface area contributed by atoms with E-state index in [2.05, 4.69) is 39.6 Å². The number of nitrogens with zero attached hydrogens (tertiary/aromatic N) is 4. The third-order valence-corrected chi connectivity index (χ3v) is 4.09. The fourth-order valence-corrected chi connectivity index (χ4v) is 2.80. The lowest BCUT2D eigenvalue weighted by Crippen LogP contribution is -2.37. The van der Waals surface area contributed by atoms with Crippen LogP contribution in [0.3, 0.4) is 0 Å². The number of likely N-dealkylation sites (tertiary alicyclic amines) is 1. The molecule has 21 heavy (non-hydrogen) atoms. The minimum Gasteiger partial charge on any atom is -0.379 e. The van der Waals surface area contributed by atoms with Crippen molar-refractivity contribution in [2.24, 2.45) is 0 Å². The summed E-state index contributed by atoms with van der Waals surface area (Å²) in [6, 6.07) is 8.59. The molecule has 1 aromatic heterocycles. The SMILES string of the molecule is Cc1ccc2nnc(C#N)c(NC3CCN(C)CC3)c2c1. The van der Waals surface area contributed by atoms with Gasteiger partial charge in [0.05, 0.1) is 11.2 Å². The maximum atomic E-state index is 9.32. The van der Waals surface area contributed by atoms with Crippen molar-refractivity contribution >= 4 is 16.6 Å². The molecule has 2 aromatic rings. The average molecular weight is 281 g/mol. The number of aryl methyl sites for hydroxylation is 1. The molecule has 0 aliphatic carbocycles. The van der Waals surface area contributed by atoms with Crippen LogP contribution < -0.4 is 5.32 Å². The van der Waals surface area contributed by atoms with Gasteiger partial charge in [0.2, 0.25) is 0 Å². The van der Waals surface area contributed by atoms with E-state index >= 15 is 0 Å². The Balaban J connectivity index is 1.99. The first-order chi connectivity index (χ1) is 10.2. The molecule has 5 heteroatoms. The van der Waals surface area contributed by atoms with E-state index in [4.69, 9.17) is 0 Å². The molecule has 0 spiro atoms. The molecule has 1 N–H and O–H groups in total. The molecular formula is C16H19N5. The summed E-state index contributed by atoms with van der Waals surface area (Å²) in [4.78, 5) is 2.33. The minimum absolute atomic E-state index is 0.382. The second-order valence-corrected chi connectivity index (χ2v) is 5.78. The van der Waals surface area contributed by atoms with Crippen molar-refractivity contribution in [3.8, 4) is 6.07 Å². The van der Waals surface area contributed by atoms with Gasteiger partial charge < -0.3 is 10.2 Å². The maximum absolute atomic E-state index is 9.32. The molecule has 0 unspecified atom stereocenters. The number of benzene rings is 1. The zero-order chi connectivity index (χ0) is 14.8. The van der Waals surface area contributed by atoms with Gasteiger partial charge in [-0.25, -0.2) is 0 Å². The minimum atomic E-state index is 0.382. The number of hydrogen-bond donors (Lipinski definition) is 1. The molecule has 1 aliphatic heterocycles. The fourth-order valence-electron chi connectivity index (χ4n) is 2.80. The molecule has 0 bridgehead atoms. The van der Waals surface area contributed by atoms with Gasteiger partial charge in [0.25, 0.3) is 0 Å². The number of piperidine rings is 1. The van der Waals surface area contributed by atoms with Gasteiger partial charge in [-0.2, -0.15) is 5.26 Å². The first-order valence-corrected chi connectivity index (χ1v) is 7.29. The molecule has 1 saturated heterocycles. The summed E-state index contributed by atoms with van der Waals surface area (Å²) in [6.45, 7) is 4.20. The van der Waals surface area contributed by atoms with Crippen LogP contribution in [0.25, 0.3) is 10.9 Å².